The van der Waals surface area contributed by atoms with E-state index in [1.807, 2.05) is 113 Å². The van der Waals surface area contributed by atoms with E-state index >= 15 is 0 Å². The zero-order chi connectivity index (χ0) is 50.6. The molecule has 0 aliphatic heterocycles. The minimum atomic E-state index is -3.31. The number of anilines is 4. The second-order valence-electron chi connectivity index (χ2n) is 16.3. The van der Waals surface area contributed by atoms with Crippen LogP contribution in [0.3, 0.4) is 0 Å². The third-order valence-electron chi connectivity index (χ3n) is 11.3. The molecular weight excluding hydrogens is 957 g/mol. The largest absolute Gasteiger partial charge is 0.497 e. The maximum atomic E-state index is 11.7. The fourth-order valence-electron chi connectivity index (χ4n) is 7.62. The van der Waals surface area contributed by atoms with Crippen LogP contribution in [0.4, 0.5) is 23.1 Å². The van der Waals surface area contributed by atoms with Gasteiger partial charge in [-0.15, -0.1) is 0 Å². The maximum absolute atomic E-state index is 11.7. The van der Waals surface area contributed by atoms with E-state index in [2.05, 4.69) is 30.8 Å². The van der Waals surface area contributed by atoms with Gasteiger partial charge in [-0.2, -0.15) is 30.7 Å². The lowest BCUT2D eigenvalue weighted by Gasteiger charge is -2.06. The van der Waals surface area contributed by atoms with E-state index in [1.165, 1.54) is 24.3 Å². The summed E-state index contributed by atoms with van der Waals surface area (Å²) in [6.45, 7) is 1.14. The molecule has 0 bridgehead atoms. The molecule has 10 aromatic rings. The molecule has 0 saturated carbocycles. The van der Waals surface area contributed by atoms with Gasteiger partial charge >= 0.3 is 0 Å². The highest BCUT2D eigenvalue weighted by Crippen LogP contribution is 2.35. The Morgan fingerprint density at radius 2 is 1.07 bits per heavy atom. The van der Waals surface area contributed by atoms with Crippen LogP contribution in [-0.4, -0.2) is 73.1 Å². The number of nitrogens with zero attached hydrogens (tertiary/aromatic N) is 8. The summed E-state index contributed by atoms with van der Waals surface area (Å²) in [5, 5.41) is 36.1. The first-order valence-electron chi connectivity index (χ1n) is 21.8. The van der Waals surface area contributed by atoms with Gasteiger partial charge in [-0.3, -0.25) is 9.36 Å². The van der Waals surface area contributed by atoms with Crippen molar-refractivity contribution in [2.45, 2.75) is 22.9 Å². The molecular formula is C52H42N10O8S2. The van der Waals surface area contributed by atoms with E-state index in [1.54, 1.807) is 44.7 Å². The molecule has 4 aromatic heterocycles. The summed E-state index contributed by atoms with van der Waals surface area (Å²) in [5.74, 6) is 2.47. The van der Waals surface area contributed by atoms with Crippen molar-refractivity contribution >= 4 is 64.6 Å². The van der Waals surface area contributed by atoms with Crippen LogP contribution < -0.4 is 20.1 Å². The molecule has 360 valence electrons. The highest BCUT2D eigenvalue weighted by molar-refractivity contribution is 7.91. The summed E-state index contributed by atoms with van der Waals surface area (Å²) in [7, 11) is -3.35. The first-order chi connectivity index (χ1) is 34.7. The average Bonchev–Trinajstić information content (AvgIpc) is 4.19. The van der Waals surface area contributed by atoms with Gasteiger partial charge in [-0.05, 0) is 108 Å². The molecule has 0 unspecified atom stereocenters. The molecule has 20 heteroatoms. The number of nitrogens with one attached hydrogen (secondary N) is 2. The number of sulfone groups is 2. The van der Waals surface area contributed by atoms with Crippen molar-refractivity contribution in [3.63, 3.8) is 0 Å². The van der Waals surface area contributed by atoms with E-state index in [0.717, 1.165) is 56.9 Å². The highest BCUT2D eigenvalue weighted by Gasteiger charge is 2.21. The van der Waals surface area contributed by atoms with E-state index < -0.39 is 19.7 Å². The summed E-state index contributed by atoms with van der Waals surface area (Å²) in [5.41, 5.74) is 6.49. The number of methoxy groups -OCH3 is 2. The number of aromatic nitrogens is 6. The van der Waals surface area contributed by atoms with Crippen LogP contribution in [0.5, 0.6) is 11.5 Å². The Balaban J connectivity index is 0.000000178. The van der Waals surface area contributed by atoms with E-state index in [9.17, 15) is 27.4 Å². The Kier molecular flexibility index (Phi) is 13.3. The molecule has 0 aliphatic carbocycles. The molecule has 0 fully saturated rings. The summed E-state index contributed by atoms with van der Waals surface area (Å²) >= 11 is 0. The lowest BCUT2D eigenvalue weighted by molar-refractivity contribution is 0.414. The molecule has 0 aliphatic rings. The van der Waals surface area contributed by atoms with Crippen molar-refractivity contribution in [3.05, 3.63) is 168 Å². The molecule has 0 atom stereocenters. The number of nitriles is 2. The molecule has 6 aromatic carbocycles. The Morgan fingerprint density at radius 3 is 1.54 bits per heavy atom. The molecule has 72 heavy (non-hydrogen) atoms. The minimum absolute atomic E-state index is 0.0832. The lowest BCUT2D eigenvalue weighted by Crippen LogP contribution is -2.01. The number of hydrogen-bond acceptors (Lipinski definition) is 16. The quantitative estimate of drug-likeness (QED) is 0.103. The van der Waals surface area contributed by atoms with Crippen LogP contribution in [0.15, 0.2) is 164 Å². The van der Waals surface area contributed by atoms with Gasteiger partial charge in [-0.25, -0.2) is 16.8 Å². The van der Waals surface area contributed by atoms with Gasteiger partial charge in [0.05, 0.1) is 54.3 Å². The molecule has 0 saturated heterocycles. The molecule has 4 heterocycles. The van der Waals surface area contributed by atoms with Gasteiger partial charge < -0.3 is 28.9 Å². The molecule has 10 rings (SSSR count). The highest BCUT2D eigenvalue weighted by atomic mass is 32.2. The van der Waals surface area contributed by atoms with Gasteiger partial charge in [0, 0.05) is 52.0 Å². The number of rotatable bonds is 14. The summed E-state index contributed by atoms with van der Waals surface area (Å²) in [4.78, 5) is 9.15. The van der Waals surface area contributed by atoms with Crippen LogP contribution in [0, 0.1) is 22.7 Å². The topological polar surface area (TPSA) is 246 Å². The van der Waals surface area contributed by atoms with Crippen LogP contribution >= 0.6 is 0 Å². The van der Waals surface area contributed by atoms with Gasteiger partial charge in [0.1, 0.15) is 23.6 Å². The summed E-state index contributed by atoms with van der Waals surface area (Å²) in [6, 6.07) is 43.3. The summed E-state index contributed by atoms with van der Waals surface area (Å²) < 4.78 is 72.8. The molecule has 0 amide bonds. The second kappa shape index (κ2) is 20.0. The zero-order valence-electron chi connectivity index (χ0n) is 38.9. The lowest BCUT2D eigenvalue weighted by atomic mass is 10.1. The number of oxazole rings is 2. The maximum Gasteiger partial charge on any atom is 0.236 e. The number of hydrogen-bond donors (Lipinski definition) is 2. The van der Waals surface area contributed by atoms with Crippen LogP contribution in [0.2, 0.25) is 0 Å². The Morgan fingerprint density at radius 1 is 0.597 bits per heavy atom. The normalized spacial score (nSPS) is 11.4. The first kappa shape index (κ1) is 47.8. The van der Waals surface area contributed by atoms with E-state index in [-0.39, 0.29) is 44.7 Å². The smallest absolute Gasteiger partial charge is 0.236 e. The standard InChI is InChI=1S/2C26H21N5O4S/c1-34-19-10-6-17(7-11-19)16-31-24-5-3-4-21(22(24)15-28-31)25-30-23(14-27)26(35-25)29-18-8-12-20(13-9-18)36(2,32)33;1-34-19-10-6-17(7-11-19)15-31-16-22-21(4-3-5-23(22)30-31)25-29-24(14-27)26(35-25)28-18-8-12-20(13-9-18)36(2,32)33/h3-13,15,29H,16H2,1-2H3;3-13,16,28H,15H2,1-2H3. The third-order valence-corrected chi connectivity index (χ3v) is 13.5. The first-order valence-corrected chi connectivity index (χ1v) is 25.6. The zero-order valence-corrected chi connectivity index (χ0v) is 40.6. The monoisotopic (exact) mass is 998 g/mol. The fourth-order valence-corrected chi connectivity index (χ4v) is 8.88. The predicted octanol–water partition coefficient (Wildman–Crippen LogP) is 9.53. The summed E-state index contributed by atoms with van der Waals surface area (Å²) in [6.07, 6.45) is 5.96. The van der Waals surface area contributed by atoms with Crippen LogP contribution in [0.25, 0.3) is 44.7 Å². The number of ether oxygens (including phenoxy) is 2. The van der Waals surface area contributed by atoms with Crippen LogP contribution in [-0.2, 0) is 32.8 Å². The second-order valence-corrected chi connectivity index (χ2v) is 20.3. The van der Waals surface area contributed by atoms with Gasteiger partial charge in [0.25, 0.3) is 0 Å². The number of benzene rings is 6. The van der Waals surface area contributed by atoms with Crippen molar-refractivity contribution in [2.24, 2.45) is 0 Å². The Labute approximate surface area is 413 Å². The van der Waals surface area contributed by atoms with Gasteiger partial charge in [0.15, 0.2) is 19.7 Å². The Hall–Kier alpha value is -9.24. The average molecular weight is 999 g/mol. The van der Waals surface area contributed by atoms with Crippen molar-refractivity contribution in [3.8, 4) is 46.5 Å². The van der Waals surface area contributed by atoms with Crippen molar-refractivity contribution < 1.29 is 35.1 Å². The minimum Gasteiger partial charge on any atom is -0.497 e. The molecule has 2 N–H and O–H groups in total. The fraction of sp³-hybridized carbons (Fsp3) is 0.115. The van der Waals surface area contributed by atoms with Crippen molar-refractivity contribution in [1.82, 2.24) is 29.5 Å². The van der Waals surface area contributed by atoms with Crippen molar-refractivity contribution in [1.29, 1.82) is 10.5 Å². The molecule has 0 radical (unpaired) electrons. The molecule has 18 nitrogen and oxygen atoms in total. The third kappa shape index (κ3) is 10.5. The SMILES string of the molecule is COc1ccc(Cn2cc3c(-c4nc(C#N)c(Nc5ccc(S(C)(=O)=O)cc5)o4)cccc3n2)cc1.COc1ccc(Cn2ncc3c(-c4nc(C#N)c(Nc5ccc(S(C)(=O)=O)cc5)o4)cccc32)cc1. The van der Waals surface area contributed by atoms with E-state index in [0.29, 0.717) is 35.6 Å². The molecule has 0 spiro atoms. The number of fused-ring (bicyclic) bond motifs is 2. The Bertz CT molecular complexity index is 3760. The van der Waals surface area contributed by atoms with Gasteiger partial charge in [-0.1, -0.05) is 36.4 Å². The van der Waals surface area contributed by atoms with E-state index in [4.69, 9.17) is 18.3 Å². The van der Waals surface area contributed by atoms with Gasteiger partial charge in [0.2, 0.25) is 34.9 Å². The van der Waals surface area contributed by atoms with Crippen molar-refractivity contribution in [2.75, 3.05) is 37.4 Å². The predicted molar refractivity (Wildman–Crippen MR) is 270 cm³/mol. The van der Waals surface area contributed by atoms with Crippen LogP contribution in [0.1, 0.15) is 22.5 Å².